The molecule has 0 aromatic heterocycles. The number of hydrogen-bond acceptors (Lipinski definition) is 4. The van der Waals surface area contributed by atoms with Crippen LogP contribution in [0.1, 0.15) is 25.3 Å². The molecule has 22 heavy (non-hydrogen) atoms. The van der Waals surface area contributed by atoms with Crippen LogP contribution < -0.4 is 4.74 Å². The fourth-order valence-corrected chi connectivity index (χ4v) is 2.51. The van der Waals surface area contributed by atoms with Crippen molar-refractivity contribution in [3.05, 3.63) is 29.8 Å². The largest absolute Gasteiger partial charge is 0.481 e. The van der Waals surface area contributed by atoms with Crippen LogP contribution in [-0.2, 0) is 9.59 Å². The van der Waals surface area contributed by atoms with E-state index in [1.165, 1.54) is 0 Å². The van der Waals surface area contributed by atoms with E-state index in [1.807, 2.05) is 6.07 Å². The van der Waals surface area contributed by atoms with Gasteiger partial charge in [0.25, 0.3) is 5.91 Å². The molecule has 1 fully saturated rings. The first kappa shape index (κ1) is 15.8. The lowest BCUT2D eigenvalue weighted by Gasteiger charge is -2.32. The van der Waals surface area contributed by atoms with Crippen molar-refractivity contribution in [1.29, 1.82) is 5.26 Å². The van der Waals surface area contributed by atoms with Crippen LogP contribution in [0, 0.1) is 17.2 Å². The number of piperidine rings is 1. The smallest absolute Gasteiger partial charge is 0.306 e. The second-order valence-corrected chi connectivity index (χ2v) is 5.31. The van der Waals surface area contributed by atoms with Crippen LogP contribution in [0.25, 0.3) is 0 Å². The van der Waals surface area contributed by atoms with Crippen molar-refractivity contribution in [2.45, 2.75) is 25.9 Å². The molecular weight excluding hydrogens is 284 g/mol. The Labute approximate surface area is 128 Å². The van der Waals surface area contributed by atoms with Crippen molar-refractivity contribution in [1.82, 2.24) is 4.90 Å². The number of rotatable bonds is 4. The van der Waals surface area contributed by atoms with Crippen LogP contribution in [0.15, 0.2) is 24.3 Å². The second-order valence-electron chi connectivity index (χ2n) is 5.31. The van der Waals surface area contributed by atoms with Gasteiger partial charge in [-0.25, -0.2) is 0 Å². The minimum Gasteiger partial charge on any atom is -0.481 e. The van der Waals surface area contributed by atoms with Crippen molar-refractivity contribution in [2.24, 2.45) is 5.92 Å². The number of hydrogen-bond donors (Lipinski definition) is 1. The van der Waals surface area contributed by atoms with Gasteiger partial charge in [0, 0.05) is 13.1 Å². The van der Waals surface area contributed by atoms with Gasteiger partial charge in [-0.05, 0) is 31.9 Å². The highest BCUT2D eigenvalue weighted by Crippen LogP contribution is 2.21. The number of nitriles is 1. The predicted molar refractivity (Wildman–Crippen MR) is 78.2 cm³/mol. The monoisotopic (exact) mass is 302 g/mol. The van der Waals surface area contributed by atoms with Crippen LogP contribution in [0.2, 0.25) is 0 Å². The van der Waals surface area contributed by atoms with E-state index >= 15 is 0 Å². The molecule has 1 N–H and O–H groups in total. The van der Waals surface area contributed by atoms with Crippen molar-refractivity contribution in [3.63, 3.8) is 0 Å². The van der Waals surface area contributed by atoms with Gasteiger partial charge >= 0.3 is 5.97 Å². The van der Waals surface area contributed by atoms with Gasteiger partial charge in [0.15, 0.2) is 6.10 Å². The number of carbonyl (C=O) groups is 2. The van der Waals surface area contributed by atoms with E-state index in [2.05, 4.69) is 0 Å². The zero-order valence-electron chi connectivity index (χ0n) is 12.4. The molecule has 0 spiro atoms. The van der Waals surface area contributed by atoms with Crippen molar-refractivity contribution < 1.29 is 19.4 Å². The van der Waals surface area contributed by atoms with Gasteiger partial charge in [-0.3, -0.25) is 9.59 Å². The molecule has 6 heteroatoms. The van der Waals surface area contributed by atoms with Gasteiger partial charge in [0.05, 0.1) is 11.5 Å². The van der Waals surface area contributed by atoms with Crippen molar-refractivity contribution in [2.75, 3.05) is 13.1 Å². The maximum atomic E-state index is 12.3. The number of carboxylic acids is 1. The molecule has 1 saturated heterocycles. The second kappa shape index (κ2) is 6.94. The Morgan fingerprint density at radius 3 is 2.59 bits per heavy atom. The van der Waals surface area contributed by atoms with Gasteiger partial charge in [-0.2, -0.15) is 5.26 Å². The van der Waals surface area contributed by atoms with Gasteiger partial charge in [-0.15, -0.1) is 0 Å². The molecule has 1 aromatic rings. The summed E-state index contributed by atoms with van der Waals surface area (Å²) >= 11 is 0. The molecule has 0 unspecified atom stereocenters. The summed E-state index contributed by atoms with van der Waals surface area (Å²) < 4.78 is 5.60. The van der Waals surface area contributed by atoms with E-state index in [-0.39, 0.29) is 11.8 Å². The Kier molecular flexibility index (Phi) is 4.99. The number of aliphatic carboxylic acids is 1. The fraction of sp³-hybridized carbons (Fsp3) is 0.438. The first-order valence-corrected chi connectivity index (χ1v) is 7.20. The third-order valence-electron chi connectivity index (χ3n) is 3.81. The van der Waals surface area contributed by atoms with Crippen LogP contribution >= 0.6 is 0 Å². The summed E-state index contributed by atoms with van der Waals surface area (Å²) in [5, 5.41) is 18.0. The van der Waals surface area contributed by atoms with Gasteiger partial charge in [0.1, 0.15) is 11.8 Å². The Morgan fingerprint density at radius 2 is 2.00 bits per heavy atom. The molecule has 0 radical (unpaired) electrons. The van der Waals surface area contributed by atoms with Crippen molar-refractivity contribution in [3.8, 4) is 11.8 Å². The standard InChI is InChI=1S/C16H18N2O4/c1-11(22-14-5-3-2-4-13(14)10-17)15(19)18-8-6-12(7-9-18)16(20)21/h2-5,11-12H,6-9H2,1H3,(H,20,21)/t11-/m0/s1. The van der Waals surface area contributed by atoms with Crippen LogP contribution in [0.3, 0.4) is 0 Å². The van der Waals surface area contributed by atoms with Gasteiger partial charge in [-0.1, -0.05) is 12.1 Å². The lowest BCUT2D eigenvalue weighted by atomic mass is 9.97. The maximum absolute atomic E-state index is 12.3. The number of para-hydroxylation sites is 1. The Morgan fingerprint density at radius 1 is 1.36 bits per heavy atom. The number of likely N-dealkylation sites (tertiary alicyclic amines) is 1. The minimum absolute atomic E-state index is 0.184. The number of ether oxygens (including phenoxy) is 1. The van der Waals surface area contributed by atoms with Crippen LogP contribution in [0.4, 0.5) is 0 Å². The Bertz CT molecular complexity index is 600. The quantitative estimate of drug-likeness (QED) is 0.913. The summed E-state index contributed by atoms with van der Waals surface area (Å²) in [7, 11) is 0. The number of amides is 1. The maximum Gasteiger partial charge on any atom is 0.306 e. The van der Waals surface area contributed by atoms with E-state index in [9.17, 15) is 9.59 Å². The Balaban J connectivity index is 1.96. The van der Waals surface area contributed by atoms with E-state index in [0.717, 1.165) is 0 Å². The average molecular weight is 302 g/mol. The molecule has 1 aromatic carbocycles. The average Bonchev–Trinajstić information content (AvgIpc) is 2.54. The first-order valence-electron chi connectivity index (χ1n) is 7.20. The molecule has 1 heterocycles. The number of carboxylic acid groups (broad SMARTS) is 1. The lowest BCUT2D eigenvalue weighted by Crippen LogP contribution is -2.45. The minimum atomic E-state index is -0.806. The van der Waals surface area contributed by atoms with E-state index < -0.39 is 12.1 Å². The van der Waals surface area contributed by atoms with Crippen molar-refractivity contribution >= 4 is 11.9 Å². The van der Waals surface area contributed by atoms with E-state index in [0.29, 0.717) is 37.2 Å². The summed E-state index contributed by atoms with van der Waals surface area (Å²) in [4.78, 5) is 24.9. The van der Waals surface area contributed by atoms with E-state index in [1.54, 1.807) is 36.1 Å². The molecule has 116 valence electrons. The molecule has 0 saturated carbocycles. The summed E-state index contributed by atoms with van der Waals surface area (Å²) in [5.41, 5.74) is 0.381. The zero-order valence-corrected chi connectivity index (χ0v) is 12.4. The fourth-order valence-electron chi connectivity index (χ4n) is 2.51. The lowest BCUT2D eigenvalue weighted by molar-refractivity contribution is -0.147. The van der Waals surface area contributed by atoms with E-state index in [4.69, 9.17) is 15.1 Å². The van der Waals surface area contributed by atoms with Crippen LogP contribution in [0.5, 0.6) is 5.75 Å². The summed E-state index contributed by atoms with van der Waals surface area (Å²) in [6.07, 6.45) is 0.210. The van der Waals surface area contributed by atoms with Gasteiger partial charge in [0.2, 0.25) is 0 Å². The third kappa shape index (κ3) is 3.55. The molecule has 0 aliphatic carbocycles. The number of nitrogens with zero attached hydrogens (tertiary/aromatic N) is 2. The number of carbonyl (C=O) groups excluding carboxylic acids is 1. The predicted octanol–water partition coefficient (Wildman–Crippen LogP) is 1.65. The van der Waals surface area contributed by atoms with Crippen LogP contribution in [-0.4, -0.2) is 41.1 Å². The first-order chi connectivity index (χ1) is 10.5. The molecule has 1 aliphatic rings. The topological polar surface area (TPSA) is 90.6 Å². The molecule has 1 aliphatic heterocycles. The summed E-state index contributed by atoms with van der Waals surface area (Å²) in [6.45, 7) is 2.48. The third-order valence-corrected chi connectivity index (χ3v) is 3.81. The SMILES string of the molecule is C[C@H](Oc1ccccc1C#N)C(=O)N1CCC(C(=O)O)CC1. The highest BCUT2D eigenvalue weighted by Gasteiger charge is 2.30. The van der Waals surface area contributed by atoms with Gasteiger partial charge < -0.3 is 14.7 Å². The molecule has 1 atom stereocenters. The molecule has 1 amide bonds. The normalized spacial score (nSPS) is 16.6. The zero-order chi connectivity index (χ0) is 16.1. The molecule has 2 rings (SSSR count). The number of benzene rings is 1. The molecule has 0 bridgehead atoms. The molecule has 6 nitrogen and oxygen atoms in total. The summed E-state index contributed by atoms with van der Waals surface area (Å²) in [6, 6.07) is 8.78. The Hall–Kier alpha value is -2.55. The summed E-state index contributed by atoms with van der Waals surface area (Å²) in [5.74, 6) is -0.984. The highest BCUT2D eigenvalue weighted by molar-refractivity contribution is 5.81. The highest BCUT2D eigenvalue weighted by atomic mass is 16.5. The molecular formula is C16H18N2O4.